The van der Waals surface area contributed by atoms with Crippen LogP contribution in [0.25, 0.3) is 22.0 Å². The molecule has 0 unspecified atom stereocenters. The minimum atomic E-state index is -1.84. The van der Waals surface area contributed by atoms with E-state index in [1.54, 1.807) is 6.20 Å². The maximum absolute atomic E-state index is 13.7. The molecule has 0 bridgehead atoms. The van der Waals surface area contributed by atoms with Crippen molar-refractivity contribution in [3.8, 4) is 11.3 Å². The van der Waals surface area contributed by atoms with E-state index in [-0.39, 0.29) is 6.42 Å². The highest BCUT2D eigenvalue weighted by Gasteiger charge is 2.26. The molecule has 2 heterocycles. The minimum absolute atomic E-state index is 0.00547. The number of aromatic nitrogens is 3. The van der Waals surface area contributed by atoms with E-state index in [0.717, 1.165) is 27.9 Å². The van der Waals surface area contributed by atoms with Gasteiger partial charge in [-0.1, -0.05) is 12.1 Å². The van der Waals surface area contributed by atoms with Crippen LogP contribution in [0.2, 0.25) is 0 Å². The van der Waals surface area contributed by atoms with Gasteiger partial charge in [-0.25, -0.2) is 9.37 Å². The Hall–Kier alpha value is -2.56. The molecular weight excluding hydrogens is 305 g/mol. The van der Waals surface area contributed by atoms with Crippen LogP contribution in [0.3, 0.4) is 0 Å². The first-order chi connectivity index (χ1) is 11.3. The molecule has 0 N–H and O–H groups in total. The van der Waals surface area contributed by atoms with Crippen LogP contribution in [0.4, 0.5) is 4.39 Å². The number of halogens is 1. The van der Waals surface area contributed by atoms with Crippen LogP contribution in [0.5, 0.6) is 0 Å². The molecule has 0 fully saturated rings. The van der Waals surface area contributed by atoms with Gasteiger partial charge in [0.2, 0.25) is 0 Å². The maximum Gasteiger partial charge on any atom is 0.175 e. The van der Waals surface area contributed by atoms with Crippen LogP contribution in [0, 0.1) is 6.92 Å². The molecule has 0 aliphatic rings. The summed E-state index contributed by atoms with van der Waals surface area (Å²) in [4.78, 5) is 20.5. The second kappa shape index (κ2) is 5.82. The fourth-order valence-corrected chi connectivity index (χ4v) is 2.59. The number of rotatable bonds is 4. The lowest BCUT2D eigenvalue weighted by molar-refractivity contribution is -0.127. The van der Waals surface area contributed by atoms with Crippen molar-refractivity contribution in [2.75, 3.05) is 0 Å². The number of carbonyl (C=O) groups is 1. The highest BCUT2D eigenvalue weighted by Crippen LogP contribution is 2.25. The summed E-state index contributed by atoms with van der Waals surface area (Å²) >= 11 is 0. The van der Waals surface area contributed by atoms with Crippen LogP contribution in [0.1, 0.15) is 25.4 Å². The molecule has 3 rings (SSSR count). The summed E-state index contributed by atoms with van der Waals surface area (Å²) in [6.07, 6.45) is 3.56. The number of hydrogen-bond acceptors (Lipinski definition) is 3. The first-order valence-electron chi connectivity index (χ1n) is 7.85. The Morgan fingerprint density at radius 1 is 1.17 bits per heavy atom. The number of pyridine rings is 1. The number of alkyl halides is 1. The molecule has 0 aliphatic carbocycles. The average molecular weight is 325 g/mol. The van der Waals surface area contributed by atoms with Crippen molar-refractivity contribution in [3.63, 3.8) is 0 Å². The van der Waals surface area contributed by atoms with E-state index in [4.69, 9.17) is 0 Å². The summed E-state index contributed by atoms with van der Waals surface area (Å²) in [5, 5.41) is 1.95. The molecule has 0 spiro atoms. The van der Waals surface area contributed by atoms with Crippen LogP contribution in [0.15, 0.2) is 36.7 Å². The molecule has 124 valence electrons. The van der Waals surface area contributed by atoms with Crippen molar-refractivity contribution in [1.29, 1.82) is 0 Å². The van der Waals surface area contributed by atoms with Gasteiger partial charge in [0.05, 0.1) is 18.3 Å². The molecule has 5 heteroatoms. The van der Waals surface area contributed by atoms with E-state index in [2.05, 4.69) is 9.97 Å². The molecule has 3 aromatic rings. The SMILES string of the molecule is Cc1ncc(-c2ccc3cnc(CC(=O)C(C)(C)F)cc3c2)n1C. The molecular formula is C19H20FN3O. The van der Waals surface area contributed by atoms with Gasteiger partial charge in [0.15, 0.2) is 11.5 Å². The zero-order valence-electron chi connectivity index (χ0n) is 14.3. The van der Waals surface area contributed by atoms with Crippen LogP contribution < -0.4 is 0 Å². The van der Waals surface area contributed by atoms with Crippen LogP contribution in [-0.4, -0.2) is 26.0 Å². The lowest BCUT2D eigenvalue weighted by Crippen LogP contribution is -2.27. The highest BCUT2D eigenvalue weighted by molar-refractivity contribution is 5.90. The fraction of sp³-hybridized carbons (Fsp3) is 0.316. The third kappa shape index (κ3) is 3.07. The highest BCUT2D eigenvalue weighted by atomic mass is 19.1. The molecule has 0 radical (unpaired) electrons. The number of imidazole rings is 1. The Balaban J connectivity index is 1.99. The van der Waals surface area contributed by atoms with Gasteiger partial charge in [0.1, 0.15) is 5.82 Å². The van der Waals surface area contributed by atoms with Gasteiger partial charge in [0.25, 0.3) is 0 Å². The second-order valence-electron chi connectivity index (χ2n) is 6.56. The summed E-state index contributed by atoms with van der Waals surface area (Å²) in [6.45, 7) is 4.51. The molecule has 0 aliphatic heterocycles. The van der Waals surface area contributed by atoms with E-state index in [9.17, 15) is 9.18 Å². The van der Waals surface area contributed by atoms with Crippen LogP contribution >= 0.6 is 0 Å². The molecule has 0 atom stereocenters. The van der Waals surface area contributed by atoms with Gasteiger partial charge >= 0.3 is 0 Å². The monoisotopic (exact) mass is 325 g/mol. The Labute approximate surface area is 140 Å². The first-order valence-corrected chi connectivity index (χ1v) is 7.85. The predicted molar refractivity (Wildman–Crippen MR) is 92.6 cm³/mol. The Bertz CT molecular complexity index is 922. The summed E-state index contributed by atoms with van der Waals surface area (Å²) < 4.78 is 15.8. The molecule has 0 saturated carbocycles. The van der Waals surface area contributed by atoms with Crippen molar-refractivity contribution in [2.45, 2.75) is 32.9 Å². The predicted octanol–water partition coefficient (Wildman–Crippen LogP) is 3.80. The summed E-state index contributed by atoms with van der Waals surface area (Å²) in [5.74, 6) is 0.476. The standard InChI is InChI=1S/C19H20FN3O/c1-12-21-11-17(23(12)4)13-5-6-14-10-22-16(8-15(14)7-13)9-18(24)19(2,3)20/h5-8,10-11H,9H2,1-4H3. The van der Waals surface area contributed by atoms with Gasteiger partial charge in [-0.05, 0) is 38.3 Å². The molecule has 1 aromatic carbocycles. The molecule has 24 heavy (non-hydrogen) atoms. The lowest BCUT2D eigenvalue weighted by atomic mass is 10.00. The number of aryl methyl sites for hydroxylation is 1. The van der Waals surface area contributed by atoms with Crippen molar-refractivity contribution >= 4 is 16.6 Å². The molecule has 0 saturated heterocycles. The first kappa shape index (κ1) is 16.3. The number of Topliss-reactive ketones (excluding diaryl/α,β-unsaturated/α-hetero) is 1. The number of nitrogens with zero attached hydrogens (tertiary/aromatic N) is 3. The third-order valence-electron chi connectivity index (χ3n) is 4.30. The van der Waals surface area contributed by atoms with E-state index >= 15 is 0 Å². The summed E-state index contributed by atoms with van der Waals surface area (Å²) in [6, 6.07) is 7.91. The van der Waals surface area contributed by atoms with Gasteiger partial charge in [-0.2, -0.15) is 0 Å². The smallest absolute Gasteiger partial charge is 0.175 e. The third-order valence-corrected chi connectivity index (χ3v) is 4.30. The van der Waals surface area contributed by atoms with Gasteiger partial charge in [-0.15, -0.1) is 0 Å². The topological polar surface area (TPSA) is 47.8 Å². The van der Waals surface area contributed by atoms with Crippen molar-refractivity contribution in [1.82, 2.24) is 14.5 Å². The number of carbonyl (C=O) groups excluding carboxylic acids is 1. The Morgan fingerprint density at radius 2 is 1.92 bits per heavy atom. The zero-order chi connectivity index (χ0) is 17.5. The lowest BCUT2D eigenvalue weighted by Gasteiger charge is -2.12. The number of fused-ring (bicyclic) bond motifs is 1. The number of benzene rings is 1. The fourth-order valence-electron chi connectivity index (χ4n) is 2.59. The quantitative estimate of drug-likeness (QED) is 0.733. The molecule has 0 amide bonds. The second-order valence-corrected chi connectivity index (χ2v) is 6.56. The van der Waals surface area contributed by atoms with Gasteiger partial charge < -0.3 is 4.57 Å². The van der Waals surface area contributed by atoms with E-state index in [0.29, 0.717) is 5.69 Å². The van der Waals surface area contributed by atoms with E-state index in [1.807, 2.05) is 49.0 Å². The average Bonchev–Trinajstić information content (AvgIpc) is 2.85. The van der Waals surface area contributed by atoms with Crippen LogP contribution in [-0.2, 0) is 18.3 Å². The van der Waals surface area contributed by atoms with Crippen molar-refractivity contribution in [3.05, 3.63) is 48.2 Å². The maximum atomic E-state index is 13.7. The van der Waals surface area contributed by atoms with Gasteiger partial charge in [-0.3, -0.25) is 9.78 Å². The minimum Gasteiger partial charge on any atom is -0.331 e. The Morgan fingerprint density at radius 3 is 2.54 bits per heavy atom. The number of ketones is 1. The molecule has 2 aromatic heterocycles. The number of hydrogen-bond donors (Lipinski definition) is 0. The van der Waals surface area contributed by atoms with E-state index in [1.165, 1.54) is 13.8 Å². The Kier molecular flexibility index (Phi) is 3.95. The van der Waals surface area contributed by atoms with Gasteiger partial charge in [0, 0.05) is 29.9 Å². The summed E-state index contributed by atoms with van der Waals surface area (Å²) in [7, 11) is 1.97. The van der Waals surface area contributed by atoms with E-state index < -0.39 is 11.5 Å². The normalized spacial score (nSPS) is 11.9. The largest absolute Gasteiger partial charge is 0.331 e. The van der Waals surface area contributed by atoms with Crippen molar-refractivity contribution in [2.24, 2.45) is 7.05 Å². The van der Waals surface area contributed by atoms with Crippen molar-refractivity contribution < 1.29 is 9.18 Å². The molecule has 4 nitrogen and oxygen atoms in total. The zero-order valence-corrected chi connectivity index (χ0v) is 14.3. The summed E-state index contributed by atoms with van der Waals surface area (Å²) in [5.41, 5.74) is 0.801.